The van der Waals surface area contributed by atoms with Gasteiger partial charge in [-0.1, -0.05) is 25.5 Å². The van der Waals surface area contributed by atoms with Crippen molar-refractivity contribution in [3.05, 3.63) is 11.6 Å². The van der Waals surface area contributed by atoms with Crippen molar-refractivity contribution in [1.29, 1.82) is 0 Å². The lowest BCUT2D eigenvalue weighted by Gasteiger charge is -2.58. The maximum Gasteiger partial charge on any atom is 0.303 e. The lowest BCUT2D eigenvalue weighted by Crippen LogP contribution is -2.58. The van der Waals surface area contributed by atoms with Crippen LogP contribution in [-0.2, 0) is 14.3 Å². The van der Waals surface area contributed by atoms with Crippen molar-refractivity contribution in [2.45, 2.75) is 83.8 Å². The molecule has 5 heteroatoms. The van der Waals surface area contributed by atoms with Crippen LogP contribution in [0.2, 0.25) is 0 Å². The number of rotatable bonds is 3. The number of aliphatic hydroxyl groups is 2. The van der Waals surface area contributed by atoms with Gasteiger partial charge in [-0.25, -0.2) is 0 Å². The molecule has 0 aromatic carbocycles. The Bertz CT molecular complexity index is 714. The number of ketones is 1. The van der Waals surface area contributed by atoms with Gasteiger partial charge in [0.15, 0.2) is 6.61 Å². The van der Waals surface area contributed by atoms with E-state index in [-0.39, 0.29) is 23.9 Å². The van der Waals surface area contributed by atoms with Gasteiger partial charge in [0.2, 0.25) is 5.78 Å². The lowest BCUT2D eigenvalue weighted by atomic mass is 9.46. The van der Waals surface area contributed by atoms with Crippen molar-refractivity contribution in [3.63, 3.8) is 0 Å². The Morgan fingerprint density at radius 1 is 1.14 bits per heavy atom. The van der Waals surface area contributed by atoms with Gasteiger partial charge in [-0.2, -0.15) is 0 Å². The molecular formula is C23H34O5. The maximum absolute atomic E-state index is 12.9. The molecule has 4 aliphatic rings. The summed E-state index contributed by atoms with van der Waals surface area (Å²) in [6, 6.07) is 0. The molecule has 0 amide bonds. The second-order valence-electron chi connectivity index (χ2n) is 10.2. The summed E-state index contributed by atoms with van der Waals surface area (Å²) >= 11 is 0. The Balaban J connectivity index is 1.60. The van der Waals surface area contributed by atoms with Gasteiger partial charge in [0.1, 0.15) is 5.60 Å². The van der Waals surface area contributed by atoms with Gasteiger partial charge in [0.05, 0.1) is 6.10 Å². The summed E-state index contributed by atoms with van der Waals surface area (Å²) in [5, 5.41) is 21.6. The van der Waals surface area contributed by atoms with E-state index in [1.165, 1.54) is 12.5 Å². The first kappa shape index (κ1) is 20.1. The first-order valence-corrected chi connectivity index (χ1v) is 10.9. The SMILES string of the molecule is CC(=O)OCC(=O)[C@]1(O)CC[C@H]2[C@@H]3CC=C4C[C@@H](O)CC[C@]4(C)[C@H]3CC[C@@]21C. The molecule has 4 aliphatic carbocycles. The van der Waals surface area contributed by atoms with Crippen LogP contribution in [0.25, 0.3) is 0 Å². The second kappa shape index (κ2) is 6.66. The number of carbonyl (C=O) groups excluding carboxylic acids is 2. The zero-order chi connectivity index (χ0) is 20.3. The fraction of sp³-hybridized carbons (Fsp3) is 0.826. The third kappa shape index (κ3) is 2.72. The first-order chi connectivity index (χ1) is 13.1. The summed E-state index contributed by atoms with van der Waals surface area (Å²) in [5.74, 6) is 0.504. The van der Waals surface area contributed by atoms with Gasteiger partial charge < -0.3 is 14.9 Å². The lowest BCUT2D eigenvalue weighted by molar-refractivity contribution is -0.168. The summed E-state index contributed by atoms with van der Waals surface area (Å²) in [4.78, 5) is 24.0. The van der Waals surface area contributed by atoms with Gasteiger partial charge >= 0.3 is 5.97 Å². The van der Waals surface area contributed by atoms with E-state index in [9.17, 15) is 19.8 Å². The number of hydrogen-bond donors (Lipinski definition) is 2. The highest BCUT2D eigenvalue weighted by Crippen LogP contribution is 2.67. The molecule has 28 heavy (non-hydrogen) atoms. The van der Waals surface area contributed by atoms with Crippen molar-refractivity contribution < 1.29 is 24.5 Å². The molecule has 0 radical (unpaired) electrons. The van der Waals surface area contributed by atoms with Crippen molar-refractivity contribution in [2.24, 2.45) is 28.6 Å². The van der Waals surface area contributed by atoms with Gasteiger partial charge in [-0.3, -0.25) is 9.59 Å². The molecule has 7 atom stereocenters. The minimum absolute atomic E-state index is 0.145. The van der Waals surface area contributed by atoms with Crippen LogP contribution in [0.5, 0.6) is 0 Å². The molecule has 0 bridgehead atoms. The Kier molecular flexibility index (Phi) is 4.78. The van der Waals surface area contributed by atoms with E-state index < -0.39 is 17.0 Å². The zero-order valence-electron chi connectivity index (χ0n) is 17.4. The smallest absolute Gasteiger partial charge is 0.303 e. The molecule has 2 N–H and O–H groups in total. The standard InChI is InChI=1S/C23H34O5/c1-14(24)28-13-20(26)23(27)11-8-19-17-5-4-15-12-16(25)6-9-21(15,2)18(17)7-10-22(19,23)3/h4,16-19,25,27H,5-13H2,1-3H3/t16-,17+,18-,19-,21-,22-,23+/m0/s1. The summed E-state index contributed by atoms with van der Waals surface area (Å²) < 4.78 is 4.93. The van der Waals surface area contributed by atoms with Crippen molar-refractivity contribution >= 4 is 11.8 Å². The van der Waals surface area contributed by atoms with Gasteiger partial charge in [0, 0.05) is 12.3 Å². The monoisotopic (exact) mass is 390 g/mol. The van der Waals surface area contributed by atoms with Crippen LogP contribution in [0, 0.1) is 28.6 Å². The van der Waals surface area contributed by atoms with Crippen LogP contribution in [0.3, 0.4) is 0 Å². The predicted octanol–water partition coefficient (Wildman–Crippen LogP) is 3.17. The van der Waals surface area contributed by atoms with Crippen LogP contribution >= 0.6 is 0 Å². The second-order valence-corrected chi connectivity index (χ2v) is 10.2. The number of aliphatic hydroxyl groups excluding tert-OH is 1. The Morgan fingerprint density at radius 2 is 1.86 bits per heavy atom. The number of Topliss-reactive ketones (excluding diaryl/α,β-unsaturated/α-hetero) is 1. The molecule has 5 nitrogen and oxygen atoms in total. The van der Waals surface area contributed by atoms with E-state index in [1.54, 1.807) is 0 Å². The van der Waals surface area contributed by atoms with Crippen LogP contribution in [0.4, 0.5) is 0 Å². The average molecular weight is 391 g/mol. The van der Waals surface area contributed by atoms with Crippen LogP contribution in [-0.4, -0.2) is 40.3 Å². The summed E-state index contributed by atoms with van der Waals surface area (Å²) in [6.45, 7) is 5.41. The van der Waals surface area contributed by atoms with Crippen LogP contribution in [0.15, 0.2) is 11.6 Å². The Labute approximate surface area is 167 Å². The molecule has 0 saturated heterocycles. The molecule has 0 aromatic heterocycles. The van der Waals surface area contributed by atoms with Gasteiger partial charge in [-0.05, 0) is 74.5 Å². The molecule has 0 heterocycles. The van der Waals surface area contributed by atoms with E-state index in [2.05, 4.69) is 19.9 Å². The molecule has 0 unspecified atom stereocenters. The largest absolute Gasteiger partial charge is 0.458 e. The molecule has 156 valence electrons. The fourth-order valence-corrected chi connectivity index (χ4v) is 7.40. The van der Waals surface area contributed by atoms with E-state index in [1.807, 2.05) is 0 Å². The van der Waals surface area contributed by atoms with Crippen molar-refractivity contribution in [1.82, 2.24) is 0 Å². The fourth-order valence-electron chi connectivity index (χ4n) is 7.40. The minimum Gasteiger partial charge on any atom is -0.458 e. The molecule has 4 rings (SSSR count). The first-order valence-electron chi connectivity index (χ1n) is 10.9. The topological polar surface area (TPSA) is 83.8 Å². The van der Waals surface area contributed by atoms with Crippen LogP contribution in [0.1, 0.15) is 72.1 Å². The van der Waals surface area contributed by atoms with E-state index in [4.69, 9.17) is 4.74 Å². The molecule has 0 spiro atoms. The zero-order valence-corrected chi connectivity index (χ0v) is 17.4. The number of carbonyl (C=O) groups is 2. The molecular weight excluding hydrogens is 356 g/mol. The van der Waals surface area contributed by atoms with E-state index >= 15 is 0 Å². The Hall–Kier alpha value is -1.20. The molecule has 3 saturated carbocycles. The third-order valence-electron chi connectivity index (χ3n) is 9.10. The van der Waals surface area contributed by atoms with E-state index in [0.717, 1.165) is 44.9 Å². The van der Waals surface area contributed by atoms with Gasteiger partial charge in [0.25, 0.3) is 0 Å². The number of esters is 1. The molecule has 3 fully saturated rings. The predicted molar refractivity (Wildman–Crippen MR) is 104 cm³/mol. The molecule has 0 aliphatic heterocycles. The number of hydrogen-bond acceptors (Lipinski definition) is 5. The molecule has 0 aromatic rings. The number of fused-ring (bicyclic) bond motifs is 5. The van der Waals surface area contributed by atoms with Crippen molar-refractivity contribution in [2.75, 3.05) is 6.61 Å². The third-order valence-corrected chi connectivity index (χ3v) is 9.10. The maximum atomic E-state index is 12.9. The summed E-state index contributed by atoms with van der Waals surface area (Å²) in [7, 11) is 0. The summed E-state index contributed by atoms with van der Waals surface area (Å²) in [5.41, 5.74) is -0.283. The number of ether oxygens (including phenoxy) is 1. The number of allylic oxidation sites excluding steroid dienone is 1. The highest BCUT2D eigenvalue weighted by Gasteiger charge is 2.66. The Morgan fingerprint density at radius 3 is 2.57 bits per heavy atom. The quantitative estimate of drug-likeness (QED) is 0.571. The van der Waals surface area contributed by atoms with E-state index in [0.29, 0.717) is 24.2 Å². The average Bonchev–Trinajstić information content (AvgIpc) is 2.92. The highest BCUT2D eigenvalue weighted by molar-refractivity contribution is 5.90. The van der Waals surface area contributed by atoms with Crippen LogP contribution < -0.4 is 0 Å². The van der Waals surface area contributed by atoms with Gasteiger partial charge in [-0.15, -0.1) is 0 Å². The van der Waals surface area contributed by atoms with Crippen molar-refractivity contribution in [3.8, 4) is 0 Å². The minimum atomic E-state index is -1.40. The highest BCUT2D eigenvalue weighted by atomic mass is 16.5. The summed E-state index contributed by atoms with van der Waals surface area (Å²) in [6.07, 6.45) is 8.96. The normalized spacial score (nSPS) is 47.4.